The number of benzene rings is 1. The smallest absolute Gasteiger partial charge is 0.212 e. The molecule has 1 aromatic heterocycles. The summed E-state index contributed by atoms with van der Waals surface area (Å²) in [5, 5.41) is 0. The van der Waals surface area contributed by atoms with Gasteiger partial charge in [-0.3, -0.25) is 0 Å². The minimum Gasteiger partial charge on any atom is -0.481 e. The fraction of sp³-hybridized carbons (Fsp3) is 0.353. The number of ether oxygens (including phenoxy) is 1. The third-order valence-electron chi connectivity index (χ3n) is 3.30. The van der Waals surface area contributed by atoms with Gasteiger partial charge in [-0.1, -0.05) is 44.0 Å². The van der Waals surface area contributed by atoms with E-state index in [-0.39, 0.29) is 0 Å². The number of pyridine rings is 1. The average Bonchev–Trinajstić information content (AvgIpc) is 2.48. The normalized spacial score (nSPS) is 10.4. The monoisotopic (exact) mass is 255 g/mol. The highest BCUT2D eigenvalue weighted by Crippen LogP contribution is 2.21. The maximum absolute atomic E-state index is 5.07. The minimum atomic E-state index is 0.653. The van der Waals surface area contributed by atoms with Gasteiger partial charge in [-0.05, 0) is 30.0 Å². The zero-order valence-corrected chi connectivity index (χ0v) is 11.7. The Morgan fingerprint density at radius 1 is 0.947 bits per heavy atom. The minimum absolute atomic E-state index is 0.653. The summed E-state index contributed by atoms with van der Waals surface area (Å²) in [5.41, 5.74) is 3.74. The third-order valence-corrected chi connectivity index (χ3v) is 3.30. The van der Waals surface area contributed by atoms with Crippen LogP contribution in [0.1, 0.15) is 31.7 Å². The zero-order valence-electron chi connectivity index (χ0n) is 11.7. The van der Waals surface area contributed by atoms with Gasteiger partial charge < -0.3 is 4.74 Å². The van der Waals surface area contributed by atoms with Crippen LogP contribution in [0.2, 0.25) is 0 Å². The molecule has 0 unspecified atom stereocenters. The van der Waals surface area contributed by atoms with Gasteiger partial charge >= 0.3 is 0 Å². The Hall–Kier alpha value is -1.83. The van der Waals surface area contributed by atoms with Gasteiger partial charge in [-0.25, -0.2) is 4.98 Å². The van der Waals surface area contributed by atoms with E-state index in [0.29, 0.717) is 5.88 Å². The van der Waals surface area contributed by atoms with E-state index in [0.717, 1.165) is 5.56 Å². The Labute approximate surface area is 115 Å². The van der Waals surface area contributed by atoms with E-state index in [1.54, 1.807) is 7.11 Å². The van der Waals surface area contributed by atoms with Gasteiger partial charge in [0.25, 0.3) is 0 Å². The van der Waals surface area contributed by atoms with Crippen molar-refractivity contribution in [1.82, 2.24) is 4.98 Å². The summed E-state index contributed by atoms with van der Waals surface area (Å²) in [5.74, 6) is 0.653. The molecule has 1 aromatic carbocycles. The predicted molar refractivity (Wildman–Crippen MR) is 79.5 cm³/mol. The first-order valence-electron chi connectivity index (χ1n) is 6.93. The highest BCUT2D eigenvalue weighted by Gasteiger charge is 2.00. The fourth-order valence-corrected chi connectivity index (χ4v) is 2.11. The Morgan fingerprint density at radius 2 is 1.68 bits per heavy atom. The van der Waals surface area contributed by atoms with Gasteiger partial charge in [0.05, 0.1) is 7.11 Å². The molecule has 0 fully saturated rings. The maximum Gasteiger partial charge on any atom is 0.212 e. The van der Waals surface area contributed by atoms with E-state index in [2.05, 4.69) is 36.2 Å². The van der Waals surface area contributed by atoms with E-state index < -0.39 is 0 Å². The van der Waals surface area contributed by atoms with Crippen LogP contribution in [0.3, 0.4) is 0 Å². The Morgan fingerprint density at radius 3 is 2.26 bits per heavy atom. The topological polar surface area (TPSA) is 22.1 Å². The van der Waals surface area contributed by atoms with Crippen LogP contribution >= 0.6 is 0 Å². The lowest BCUT2D eigenvalue weighted by atomic mass is 10.0. The number of unbranched alkanes of at least 4 members (excludes halogenated alkanes) is 2. The quantitative estimate of drug-likeness (QED) is 0.709. The molecule has 0 aliphatic rings. The van der Waals surface area contributed by atoms with Crippen molar-refractivity contribution in [3.63, 3.8) is 0 Å². The van der Waals surface area contributed by atoms with E-state index in [1.165, 1.54) is 36.8 Å². The molecule has 2 nitrogen and oxygen atoms in total. The van der Waals surface area contributed by atoms with Crippen LogP contribution in [0, 0.1) is 0 Å². The summed E-state index contributed by atoms with van der Waals surface area (Å²) in [6.07, 6.45) is 6.89. The number of hydrogen-bond acceptors (Lipinski definition) is 2. The van der Waals surface area contributed by atoms with Crippen molar-refractivity contribution in [3.8, 4) is 17.0 Å². The molecule has 0 N–H and O–H groups in total. The van der Waals surface area contributed by atoms with Crippen molar-refractivity contribution >= 4 is 0 Å². The predicted octanol–water partition coefficient (Wildman–Crippen LogP) is 4.49. The summed E-state index contributed by atoms with van der Waals surface area (Å²) in [7, 11) is 1.63. The molecule has 2 rings (SSSR count). The van der Waals surface area contributed by atoms with Crippen molar-refractivity contribution in [1.29, 1.82) is 0 Å². The number of nitrogens with zero attached hydrogens (tertiary/aromatic N) is 1. The second kappa shape index (κ2) is 6.93. The molecule has 0 atom stereocenters. The standard InChI is InChI=1S/C17H21NO/c1-3-4-5-6-14-7-9-15(10-8-14)16-11-12-17(19-2)18-13-16/h7-13H,3-6H2,1-2H3. The Bertz CT molecular complexity index is 488. The molecule has 0 radical (unpaired) electrons. The molecule has 0 spiro atoms. The molecule has 0 aliphatic heterocycles. The first kappa shape index (κ1) is 13.6. The van der Waals surface area contributed by atoms with E-state index in [4.69, 9.17) is 4.74 Å². The molecule has 2 heteroatoms. The number of rotatable bonds is 6. The Balaban J connectivity index is 2.04. The summed E-state index contributed by atoms with van der Waals surface area (Å²) in [6.45, 7) is 2.24. The lowest BCUT2D eigenvalue weighted by Gasteiger charge is -2.05. The maximum atomic E-state index is 5.07. The van der Waals surface area contributed by atoms with Gasteiger partial charge in [-0.15, -0.1) is 0 Å². The first-order valence-corrected chi connectivity index (χ1v) is 6.93. The van der Waals surface area contributed by atoms with E-state index in [9.17, 15) is 0 Å². The van der Waals surface area contributed by atoms with Crippen LogP contribution in [0.5, 0.6) is 5.88 Å². The number of aryl methyl sites for hydroxylation is 1. The summed E-state index contributed by atoms with van der Waals surface area (Å²) >= 11 is 0. The van der Waals surface area contributed by atoms with Gasteiger partial charge in [0, 0.05) is 17.8 Å². The van der Waals surface area contributed by atoms with E-state index in [1.807, 2.05) is 18.3 Å². The molecule has 100 valence electrons. The average molecular weight is 255 g/mol. The molecule has 19 heavy (non-hydrogen) atoms. The lowest BCUT2D eigenvalue weighted by Crippen LogP contribution is -1.88. The van der Waals surface area contributed by atoms with Gasteiger partial charge in [0.2, 0.25) is 5.88 Å². The largest absolute Gasteiger partial charge is 0.481 e. The van der Waals surface area contributed by atoms with Crippen LogP contribution in [0.15, 0.2) is 42.6 Å². The van der Waals surface area contributed by atoms with Crippen LogP contribution in [-0.4, -0.2) is 12.1 Å². The zero-order chi connectivity index (χ0) is 13.5. The molecule has 2 aromatic rings. The van der Waals surface area contributed by atoms with Crippen LogP contribution in [-0.2, 0) is 6.42 Å². The molecule has 0 saturated carbocycles. The van der Waals surface area contributed by atoms with Crippen molar-refractivity contribution in [2.24, 2.45) is 0 Å². The molecule has 0 amide bonds. The first-order chi connectivity index (χ1) is 9.33. The molecule has 0 saturated heterocycles. The number of methoxy groups -OCH3 is 1. The number of aromatic nitrogens is 1. The summed E-state index contributed by atoms with van der Waals surface area (Å²) in [4.78, 5) is 4.23. The molecule has 1 heterocycles. The van der Waals surface area contributed by atoms with Crippen molar-refractivity contribution in [3.05, 3.63) is 48.2 Å². The Kier molecular flexibility index (Phi) is 4.96. The highest BCUT2D eigenvalue weighted by atomic mass is 16.5. The second-order valence-electron chi connectivity index (χ2n) is 4.74. The van der Waals surface area contributed by atoms with Crippen molar-refractivity contribution in [2.75, 3.05) is 7.11 Å². The van der Waals surface area contributed by atoms with Crippen LogP contribution in [0.25, 0.3) is 11.1 Å². The van der Waals surface area contributed by atoms with Gasteiger partial charge in [0.1, 0.15) is 0 Å². The van der Waals surface area contributed by atoms with Crippen molar-refractivity contribution < 1.29 is 4.74 Å². The summed E-state index contributed by atoms with van der Waals surface area (Å²) in [6, 6.07) is 12.7. The van der Waals surface area contributed by atoms with Crippen LogP contribution < -0.4 is 4.74 Å². The third kappa shape index (κ3) is 3.82. The SMILES string of the molecule is CCCCCc1ccc(-c2ccc(OC)nc2)cc1. The lowest BCUT2D eigenvalue weighted by molar-refractivity contribution is 0.398. The molecular weight excluding hydrogens is 234 g/mol. The van der Waals surface area contributed by atoms with Crippen LogP contribution in [0.4, 0.5) is 0 Å². The van der Waals surface area contributed by atoms with Gasteiger partial charge in [0.15, 0.2) is 0 Å². The molecular formula is C17H21NO. The van der Waals surface area contributed by atoms with Crippen molar-refractivity contribution in [2.45, 2.75) is 32.6 Å². The van der Waals surface area contributed by atoms with Gasteiger partial charge in [-0.2, -0.15) is 0 Å². The highest BCUT2D eigenvalue weighted by molar-refractivity contribution is 5.62. The molecule has 0 aliphatic carbocycles. The number of hydrogen-bond donors (Lipinski definition) is 0. The fourth-order valence-electron chi connectivity index (χ4n) is 2.11. The molecule has 0 bridgehead atoms. The second-order valence-corrected chi connectivity index (χ2v) is 4.74. The van der Waals surface area contributed by atoms with E-state index >= 15 is 0 Å². The summed E-state index contributed by atoms with van der Waals surface area (Å²) < 4.78 is 5.07.